The third-order valence-corrected chi connectivity index (χ3v) is 8.58. The number of carbonyl (C=O) groups excluding carboxylic acids is 1. The molecule has 1 N–H and O–H groups in total. The highest BCUT2D eigenvalue weighted by molar-refractivity contribution is 5.70. The van der Waals surface area contributed by atoms with Gasteiger partial charge in [0.05, 0.1) is 12.2 Å². The van der Waals surface area contributed by atoms with E-state index in [1.165, 1.54) is 25.7 Å². The second-order valence-corrected chi connectivity index (χ2v) is 9.29. The van der Waals surface area contributed by atoms with Crippen LogP contribution in [0, 0.1) is 34.5 Å². The fourth-order valence-electron chi connectivity index (χ4n) is 6.83. The lowest BCUT2D eigenvalue weighted by Crippen LogP contribution is -2.57. The largest absolute Gasteiger partial charge is 0.465 e. The van der Waals surface area contributed by atoms with Crippen molar-refractivity contribution in [2.75, 3.05) is 6.61 Å². The predicted octanol–water partition coefficient (Wildman–Crippen LogP) is 3.54. The molecule has 0 aromatic heterocycles. The quantitative estimate of drug-likeness (QED) is 0.696. The summed E-state index contributed by atoms with van der Waals surface area (Å²) in [5, 5.41) is 10.9. The van der Waals surface area contributed by atoms with Gasteiger partial charge in [0.15, 0.2) is 0 Å². The molecule has 1 aliphatic heterocycles. The van der Waals surface area contributed by atoms with Crippen LogP contribution in [0.15, 0.2) is 0 Å². The van der Waals surface area contributed by atoms with Crippen LogP contribution < -0.4 is 0 Å². The molecule has 0 radical (unpaired) electrons. The number of rotatable bonds is 0. The highest BCUT2D eigenvalue weighted by Gasteiger charge is 2.63. The summed E-state index contributed by atoms with van der Waals surface area (Å²) in [5.74, 6) is 2.56. The molecule has 1 heterocycles. The molecule has 0 spiro atoms. The van der Waals surface area contributed by atoms with E-state index in [0.717, 1.165) is 12.8 Å². The molecule has 3 nitrogen and oxygen atoms in total. The zero-order chi connectivity index (χ0) is 15.8. The first kappa shape index (κ1) is 15.0. The van der Waals surface area contributed by atoms with Crippen LogP contribution in [0.4, 0.5) is 0 Å². The number of cyclic esters (lactones) is 1. The van der Waals surface area contributed by atoms with Gasteiger partial charge in [-0.3, -0.25) is 4.79 Å². The number of hydrogen-bond acceptors (Lipinski definition) is 3. The first-order valence-corrected chi connectivity index (χ1v) is 9.16. The highest BCUT2D eigenvalue weighted by Crippen LogP contribution is 2.67. The summed E-state index contributed by atoms with van der Waals surface area (Å²) in [7, 11) is 0. The van der Waals surface area contributed by atoms with E-state index in [0.29, 0.717) is 36.7 Å². The van der Waals surface area contributed by atoms with E-state index in [1.54, 1.807) is 0 Å². The van der Waals surface area contributed by atoms with E-state index in [1.807, 2.05) is 0 Å². The van der Waals surface area contributed by atoms with Gasteiger partial charge in [-0.2, -0.15) is 0 Å². The molecule has 3 heteroatoms. The lowest BCUT2D eigenvalue weighted by atomic mass is 9.46. The molecule has 0 aromatic carbocycles. The van der Waals surface area contributed by atoms with E-state index >= 15 is 0 Å². The number of esters is 1. The zero-order valence-corrected chi connectivity index (χ0v) is 14.2. The van der Waals surface area contributed by atoms with E-state index in [2.05, 4.69) is 20.8 Å². The normalized spacial score (nSPS) is 57.5. The summed E-state index contributed by atoms with van der Waals surface area (Å²) in [6, 6.07) is 0. The SMILES string of the molecule is C[C@]12COC(=O)C[C@@H]1CC[C@@H]1[C@H]2CC[C@@]2(C)[C@H]1CC[C@]2(C)O. The van der Waals surface area contributed by atoms with Gasteiger partial charge in [-0.15, -0.1) is 0 Å². The van der Waals surface area contributed by atoms with E-state index in [4.69, 9.17) is 4.74 Å². The molecule has 0 aromatic rings. The smallest absolute Gasteiger partial charge is 0.306 e. The van der Waals surface area contributed by atoms with Crippen LogP contribution in [0.3, 0.4) is 0 Å². The maximum Gasteiger partial charge on any atom is 0.306 e. The molecule has 1 saturated heterocycles. The number of fused-ring (bicyclic) bond motifs is 5. The van der Waals surface area contributed by atoms with Crippen molar-refractivity contribution < 1.29 is 14.6 Å². The van der Waals surface area contributed by atoms with Crippen molar-refractivity contribution in [3.05, 3.63) is 0 Å². The Labute approximate surface area is 133 Å². The van der Waals surface area contributed by atoms with Gasteiger partial charge in [-0.25, -0.2) is 0 Å². The minimum atomic E-state index is -0.501. The molecule has 7 atom stereocenters. The van der Waals surface area contributed by atoms with Gasteiger partial charge >= 0.3 is 5.97 Å². The van der Waals surface area contributed by atoms with Crippen LogP contribution in [-0.2, 0) is 9.53 Å². The standard InChI is InChI=1S/C19H30O3/c1-17-11-22-16(20)10-12(17)4-5-13-14(17)6-8-18(2)15(13)7-9-19(18,3)21/h12-15,21H,4-11H2,1-3H3/t12-,13+,14+,15-,17-,18-,19-/m0/s1. The Morgan fingerprint density at radius 3 is 2.55 bits per heavy atom. The van der Waals surface area contributed by atoms with Gasteiger partial charge in [0.1, 0.15) is 0 Å². The summed E-state index contributed by atoms with van der Waals surface area (Å²) in [6.45, 7) is 7.38. The van der Waals surface area contributed by atoms with Gasteiger partial charge in [0, 0.05) is 11.8 Å². The second-order valence-electron chi connectivity index (χ2n) is 9.29. The molecule has 4 fully saturated rings. The zero-order valence-electron chi connectivity index (χ0n) is 14.2. The molecular formula is C19H30O3. The number of aliphatic hydroxyl groups is 1. The molecule has 0 amide bonds. The summed E-state index contributed by atoms with van der Waals surface area (Å²) in [4.78, 5) is 11.7. The first-order valence-electron chi connectivity index (χ1n) is 9.16. The fourth-order valence-corrected chi connectivity index (χ4v) is 6.83. The van der Waals surface area contributed by atoms with Crippen molar-refractivity contribution in [1.82, 2.24) is 0 Å². The van der Waals surface area contributed by atoms with Gasteiger partial charge in [-0.1, -0.05) is 13.8 Å². The van der Waals surface area contributed by atoms with Crippen LogP contribution in [0.2, 0.25) is 0 Å². The summed E-state index contributed by atoms with van der Waals surface area (Å²) in [6.07, 6.45) is 7.48. The number of ether oxygens (including phenoxy) is 1. The van der Waals surface area contributed by atoms with Crippen molar-refractivity contribution >= 4 is 5.97 Å². The lowest BCUT2D eigenvalue weighted by Gasteiger charge is -2.60. The molecule has 22 heavy (non-hydrogen) atoms. The van der Waals surface area contributed by atoms with Crippen molar-refractivity contribution in [2.24, 2.45) is 34.5 Å². The maximum atomic E-state index is 11.7. The Balaban J connectivity index is 1.65. The van der Waals surface area contributed by atoms with Crippen molar-refractivity contribution in [3.8, 4) is 0 Å². The van der Waals surface area contributed by atoms with Crippen LogP contribution in [0.5, 0.6) is 0 Å². The first-order chi connectivity index (χ1) is 10.3. The Kier molecular flexibility index (Phi) is 3.06. The van der Waals surface area contributed by atoms with Crippen molar-refractivity contribution in [1.29, 1.82) is 0 Å². The Morgan fingerprint density at radius 2 is 1.77 bits per heavy atom. The summed E-state index contributed by atoms with van der Waals surface area (Å²) in [5.41, 5.74) is -0.241. The molecule has 0 bridgehead atoms. The van der Waals surface area contributed by atoms with Gasteiger partial charge in [-0.05, 0) is 74.5 Å². The Hall–Kier alpha value is -0.570. The monoisotopic (exact) mass is 306 g/mol. The third-order valence-electron chi connectivity index (χ3n) is 8.58. The van der Waals surface area contributed by atoms with Gasteiger partial charge in [0.2, 0.25) is 0 Å². The fraction of sp³-hybridized carbons (Fsp3) is 0.947. The van der Waals surface area contributed by atoms with E-state index in [-0.39, 0.29) is 16.8 Å². The number of hydrogen-bond donors (Lipinski definition) is 1. The Morgan fingerprint density at radius 1 is 1.05 bits per heavy atom. The molecule has 4 aliphatic rings. The third kappa shape index (κ3) is 1.75. The minimum Gasteiger partial charge on any atom is -0.465 e. The van der Waals surface area contributed by atoms with Crippen molar-refractivity contribution in [3.63, 3.8) is 0 Å². The lowest BCUT2D eigenvalue weighted by molar-refractivity contribution is -0.186. The molecule has 3 saturated carbocycles. The maximum absolute atomic E-state index is 11.7. The Bertz CT molecular complexity index is 499. The number of carbonyl (C=O) groups is 1. The molecule has 124 valence electrons. The van der Waals surface area contributed by atoms with Gasteiger partial charge < -0.3 is 9.84 Å². The van der Waals surface area contributed by atoms with E-state index < -0.39 is 5.60 Å². The molecule has 4 rings (SSSR count). The summed E-state index contributed by atoms with van der Waals surface area (Å²) >= 11 is 0. The predicted molar refractivity (Wildman–Crippen MR) is 84.1 cm³/mol. The highest BCUT2D eigenvalue weighted by atomic mass is 16.5. The minimum absolute atomic E-state index is 0.00497. The molecule has 3 aliphatic carbocycles. The van der Waals surface area contributed by atoms with Crippen LogP contribution in [0.25, 0.3) is 0 Å². The van der Waals surface area contributed by atoms with E-state index in [9.17, 15) is 9.90 Å². The average molecular weight is 306 g/mol. The molecule has 0 unspecified atom stereocenters. The van der Waals surface area contributed by atoms with Crippen molar-refractivity contribution in [2.45, 2.75) is 71.3 Å². The average Bonchev–Trinajstić information content (AvgIpc) is 2.70. The molecular weight excluding hydrogens is 276 g/mol. The van der Waals surface area contributed by atoms with Gasteiger partial charge in [0.25, 0.3) is 0 Å². The van der Waals surface area contributed by atoms with Crippen LogP contribution >= 0.6 is 0 Å². The van der Waals surface area contributed by atoms with Crippen LogP contribution in [0.1, 0.15) is 65.7 Å². The summed E-state index contributed by atoms with van der Waals surface area (Å²) < 4.78 is 5.49. The topological polar surface area (TPSA) is 46.5 Å². The van der Waals surface area contributed by atoms with Crippen LogP contribution in [-0.4, -0.2) is 23.3 Å². The second kappa shape index (κ2) is 4.49.